The average molecular weight is 369 g/mol. The molecule has 0 saturated heterocycles. The van der Waals surface area contributed by atoms with Gasteiger partial charge in [-0.2, -0.15) is 0 Å². The molecule has 0 radical (unpaired) electrons. The lowest BCUT2D eigenvalue weighted by molar-refractivity contribution is 0.102. The molecule has 0 bridgehead atoms. The third-order valence-electron chi connectivity index (χ3n) is 4.61. The Bertz CT molecular complexity index is 775. The van der Waals surface area contributed by atoms with Crippen LogP contribution in [0.4, 0.5) is 5.69 Å². The van der Waals surface area contributed by atoms with Gasteiger partial charge in [-0.1, -0.05) is 19.9 Å². The van der Waals surface area contributed by atoms with Gasteiger partial charge in [-0.05, 0) is 37.1 Å². The normalized spacial score (nSPS) is 14.2. The van der Waals surface area contributed by atoms with Gasteiger partial charge in [0, 0.05) is 30.3 Å². The molecule has 1 N–H and O–H groups in total. The molecule has 0 aliphatic carbocycles. The first kappa shape index (κ1) is 19.2. The van der Waals surface area contributed by atoms with E-state index in [4.69, 9.17) is 9.47 Å². The van der Waals surface area contributed by atoms with Gasteiger partial charge >= 0.3 is 0 Å². The quantitative estimate of drug-likeness (QED) is 0.843. The predicted octanol–water partition coefficient (Wildman–Crippen LogP) is 3.58. The number of carbonyl (C=O) groups excluding carboxylic acids is 1. The number of pyridine rings is 1. The minimum Gasteiger partial charge on any atom is -0.492 e. The van der Waals surface area contributed by atoms with Crippen LogP contribution in [0.15, 0.2) is 36.5 Å². The van der Waals surface area contributed by atoms with Crippen molar-refractivity contribution < 1.29 is 14.3 Å². The van der Waals surface area contributed by atoms with Crippen LogP contribution >= 0.6 is 0 Å². The highest BCUT2D eigenvalue weighted by molar-refractivity contribution is 6.04. The molecular weight excluding hydrogens is 342 g/mol. The zero-order valence-corrected chi connectivity index (χ0v) is 16.2. The number of rotatable bonds is 6. The number of aromatic nitrogens is 1. The van der Waals surface area contributed by atoms with Gasteiger partial charge in [0.25, 0.3) is 5.91 Å². The summed E-state index contributed by atoms with van der Waals surface area (Å²) in [6.45, 7) is 7.94. The number of ether oxygens (including phenoxy) is 2. The topological polar surface area (TPSA) is 63.7 Å². The van der Waals surface area contributed by atoms with Crippen molar-refractivity contribution in [2.45, 2.75) is 26.8 Å². The number of methoxy groups -OCH3 is 1. The van der Waals surface area contributed by atoms with E-state index >= 15 is 0 Å². The number of benzene rings is 1. The largest absolute Gasteiger partial charge is 0.492 e. The van der Waals surface area contributed by atoms with Gasteiger partial charge in [-0.15, -0.1) is 0 Å². The van der Waals surface area contributed by atoms with Crippen LogP contribution in [0.3, 0.4) is 0 Å². The molecule has 0 atom stereocenters. The summed E-state index contributed by atoms with van der Waals surface area (Å²) in [5.74, 6) is 1.80. The summed E-state index contributed by atoms with van der Waals surface area (Å²) in [4.78, 5) is 19.1. The van der Waals surface area contributed by atoms with Crippen LogP contribution in [-0.4, -0.2) is 42.6 Å². The Hall–Kier alpha value is -2.60. The highest BCUT2D eigenvalue weighted by Gasteiger charge is 2.17. The van der Waals surface area contributed by atoms with E-state index in [2.05, 4.69) is 29.0 Å². The molecule has 1 aliphatic rings. The van der Waals surface area contributed by atoms with Gasteiger partial charge in [-0.3, -0.25) is 9.69 Å². The van der Waals surface area contributed by atoms with E-state index in [1.165, 1.54) is 6.42 Å². The standard InChI is InChI=1S/C21H27N3O3/c1-15(2)8-9-24-10-11-27-19-12-16(4-5-17(19)14-24)21(25)23-18-6-7-20(26-3)22-13-18/h4-7,12-13,15H,8-11,14H2,1-3H3,(H,23,25). The number of carbonyl (C=O) groups is 1. The van der Waals surface area contributed by atoms with Crippen molar-refractivity contribution in [2.24, 2.45) is 5.92 Å². The summed E-state index contributed by atoms with van der Waals surface area (Å²) in [6, 6.07) is 9.13. The van der Waals surface area contributed by atoms with Gasteiger partial charge in [-0.25, -0.2) is 4.98 Å². The van der Waals surface area contributed by atoms with Crippen molar-refractivity contribution in [3.05, 3.63) is 47.7 Å². The fourth-order valence-corrected chi connectivity index (χ4v) is 2.98. The first-order chi connectivity index (χ1) is 13.0. The Labute approximate surface area is 160 Å². The molecule has 2 aromatic rings. The molecule has 1 amide bonds. The molecule has 1 aromatic carbocycles. The maximum absolute atomic E-state index is 12.5. The van der Waals surface area contributed by atoms with E-state index in [1.54, 1.807) is 25.4 Å². The van der Waals surface area contributed by atoms with Crippen LogP contribution in [0.1, 0.15) is 36.2 Å². The first-order valence-corrected chi connectivity index (χ1v) is 9.34. The zero-order valence-electron chi connectivity index (χ0n) is 16.2. The minimum absolute atomic E-state index is 0.186. The number of fused-ring (bicyclic) bond motifs is 1. The zero-order chi connectivity index (χ0) is 19.2. The maximum Gasteiger partial charge on any atom is 0.255 e. The smallest absolute Gasteiger partial charge is 0.255 e. The number of hydrogen-bond acceptors (Lipinski definition) is 5. The number of nitrogens with one attached hydrogen (secondary N) is 1. The highest BCUT2D eigenvalue weighted by atomic mass is 16.5. The predicted molar refractivity (Wildman–Crippen MR) is 105 cm³/mol. The van der Waals surface area contributed by atoms with E-state index < -0.39 is 0 Å². The molecule has 0 unspecified atom stereocenters. The third kappa shape index (κ3) is 5.20. The molecule has 27 heavy (non-hydrogen) atoms. The molecule has 1 aliphatic heterocycles. The van der Waals surface area contributed by atoms with Crippen LogP contribution in [0.2, 0.25) is 0 Å². The molecule has 6 nitrogen and oxygen atoms in total. The summed E-state index contributed by atoms with van der Waals surface area (Å²) in [7, 11) is 1.56. The molecule has 144 valence electrons. The molecule has 0 saturated carbocycles. The fraction of sp³-hybridized carbons (Fsp3) is 0.429. The third-order valence-corrected chi connectivity index (χ3v) is 4.61. The Morgan fingerprint density at radius 1 is 1.33 bits per heavy atom. The van der Waals surface area contributed by atoms with Crippen LogP contribution in [-0.2, 0) is 6.54 Å². The molecule has 3 rings (SSSR count). The molecule has 0 fully saturated rings. The minimum atomic E-state index is -0.186. The fourth-order valence-electron chi connectivity index (χ4n) is 2.98. The number of nitrogens with zero attached hydrogens (tertiary/aromatic N) is 2. The van der Waals surface area contributed by atoms with Gasteiger partial charge in [0.05, 0.1) is 19.0 Å². The number of amides is 1. The van der Waals surface area contributed by atoms with Crippen molar-refractivity contribution >= 4 is 11.6 Å². The molecule has 1 aromatic heterocycles. The lowest BCUT2D eigenvalue weighted by Gasteiger charge is -2.20. The number of anilines is 1. The van der Waals surface area contributed by atoms with Crippen molar-refractivity contribution in [1.29, 1.82) is 0 Å². The molecular formula is C21H27N3O3. The van der Waals surface area contributed by atoms with Gasteiger partial charge in [0.15, 0.2) is 0 Å². The van der Waals surface area contributed by atoms with E-state index in [9.17, 15) is 4.79 Å². The molecule has 2 heterocycles. The Balaban J connectivity index is 1.67. The van der Waals surface area contributed by atoms with Crippen molar-refractivity contribution in [2.75, 3.05) is 32.1 Å². The lowest BCUT2D eigenvalue weighted by Crippen LogP contribution is -2.27. The summed E-state index contributed by atoms with van der Waals surface area (Å²) in [5.41, 5.74) is 2.32. The van der Waals surface area contributed by atoms with Crippen LogP contribution in [0.25, 0.3) is 0 Å². The molecule has 0 spiro atoms. The van der Waals surface area contributed by atoms with Crippen molar-refractivity contribution in [3.63, 3.8) is 0 Å². The van der Waals surface area contributed by atoms with E-state index in [-0.39, 0.29) is 5.91 Å². The second kappa shape index (κ2) is 8.86. The highest BCUT2D eigenvalue weighted by Crippen LogP contribution is 2.25. The average Bonchev–Trinajstić information content (AvgIpc) is 2.88. The van der Waals surface area contributed by atoms with Crippen molar-refractivity contribution in [1.82, 2.24) is 9.88 Å². The Kier molecular flexibility index (Phi) is 6.29. The first-order valence-electron chi connectivity index (χ1n) is 9.34. The second-order valence-electron chi connectivity index (χ2n) is 7.17. The summed E-state index contributed by atoms with van der Waals surface area (Å²) in [5, 5.41) is 2.85. The SMILES string of the molecule is COc1ccc(NC(=O)c2ccc3c(c2)OCCN(CCC(C)C)C3)cn1. The lowest BCUT2D eigenvalue weighted by atomic mass is 10.1. The Morgan fingerprint density at radius 2 is 2.19 bits per heavy atom. The summed E-state index contributed by atoms with van der Waals surface area (Å²) >= 11 is 0. The van der Waals surface area contributed by atoms with Gasteiger partial charge < -0.3 is 14.8 Å². The van der Waals surface area contributed by atoms with Gasteiger partial charge in [0.2, 0.25) is 5.88 Å². The summed E-state index contributed by atoms with van der Waals surface area (Å²) < 4.78 is 10.9. The van der Waals surface area contributed by atoms with Crippen molar-refractivity contribution in [3.8, 4) is 11.6 Å². The Morgan fingerprint density at radius 3 is 2.89 bits per heavy atom. The van der Waals surface area contributed by atoms with Crippen LogP contribution in [0.5, 0.6) is 11.6 Å². The second-order valence-corrected chi connectivity index (χ2v) is 7.17. The molecule has 6 heteroatoms. The van der Waals surface area contributed by atoms with Crippen LogP contribution in [0, 0.1) is 5.92 Å². The summed E-state index contributed by atoms with van der Waals surface area (Å²) in [6.07, 6.45) is 2.75. The van der Waals surface area contributed by atoms with E-state index in [0.717, 1.165) is 30.9 Å². The number of hydrogen-bond donors (Lipinski definition) is 1. The monoisotopic (exact) mass is 369 g/mol. The van der Waals surface area contributed by atoms with Gasteiger partial charge in [0.1, 0.15) is 12.4 Å². The van der Waals surface area contributed by atoms with E-state index in [0.29, 0.717) is 29.7 Å². The maximum atomic E-state index is 12.5. The van der Waals surface area contributed by atoms with Crippen LogP contribution < -0.4 is 14.8 Å². The van der Waals surface area contributed by atoms with E-state index in [1.807, 2.05) is 18.2 Å².